The molecule has 3 rings (SSSR count). The summed E-state index contributed by atoms with van der Waals surface area (Å²) in [5.74, 6) is -1.42. The fraction of sp³-hybridized carbons (Fsp3) is 0.545. The average molecular weight is 399 g/mol. The van der Waals surface area contributed by atoms with Crippen LogP contribution in [0.2, 0.25) is 0 Å². The third-order valence-corrected chi connectivity index (χ3v) is 6.10. The standard InChI is InChI=1S/C22H30N4O3/c1-6-13(7-2)19(27)24-15-11-9-8-10-14(15)18-22(5)16(20(28)23-12(3)4)17(22)21(29)26-25-18/h8-13,16-17H,6-7H2,1-5H3,(H,23,28)(H,24,27)(H,26,29)/t16-,17+,22+/m0/s1. The molecule has 3 amide bonds. The minimum atomic E-state index is -0.697. The molecule has 1 aliphatic heterocycles. The molecule has 0 aromatic heterocycles. The quantitative estimate of drug-likeness (QED) is 0.658. The number of nitrogens with one attached hydrogen (secondary N) is 3. The summed E-state index contributed by atoms with van der Waals surface area (Å²) >= 11 is 0. The van der Waals surface area contributed by atoms with Crippen LogP contribution in [0.15, 0.2) is 29.4 Å². The van der Waals surface area contributed by atoms with Gasteiger partial charge in [0.1, 0.15) is 0 Å². The smallest absolute Gasteiger partial charge is 0.245 e. The molecule has 156 valence electrons. The summed E-state index contributed by atoms with van der Waals surface area (Å²) in [4.78, 5) is 37.7. The second-order valence-corrected chi connectivity index (χ2v) is 8.39. The van der Waals surface area contributed by atoms with Crippen molar-refractivity contribution < 1.29 is 14.4 Å². The molecule has 0 radical (unpaired) electrons. The predicted molar refractivity (Wildman–Crippen MR) is 112 cm³/mol. The molecule has 1 aromatic rings. The molecule has 7 nitrogen and oxygen atoms in total. The maximum Gasteiger partial charge on any atom is 0.245 e. The summed E-state index contributed by atoms with van der Waals surface area (Å²) in [6, 6.07) is 7.41. The Bertz CT molecular complexity index is 859. The van der Waals surface area contributed by atoms with E-state index in [0.29, 0.717) is 11.4 Å². The van der Waals surface area contributed by atoms with E-state index in [2.05, 4.69) is 21.2 Å². The first kappa shape index (κ1) is 21.0. The normalized spacial score (nSPS) is 25.2. The average Bonchev–Trinajstić information content (AvgIpc) is 3.31. The molecular formula is C22H30N4O3. The fourth-order valence-electron chi connectivity index (χ4n) is 4.37. The van der Waals surface area contributed by atoms with Crippen molar-refractivity contribution in [3.8, 4) is 0 Å². The summed E-state index contributed by atoms with van der Waals surface area (Å²) in [6.45, 7) is 9.68. The highest BCUT2D eigenvalue weighted by Gasteiger charge is 2.72. The first-order valence-electron chi connectivity index (χ1n) is 10.3. The highest BCUT2D eigenvalue weighted by atomic mass is 16.2. The minimum Gasteiger partial charge on any atom is -0.354 e. The Labute approximate surface area is 171 Å². The van der Waals surface area contributed by atoms with Crippen molar-refractivity contribution in [2.45, 2.75) is 53.5 Å². The monoisotopic (exact) mass is 398 g/mol. The number of hydrogen-bond acceptors (Lipinski definition) is 4. The van der Waals surface area contributed by atoms with Crippen LogP contribution < -0.4 is 16.1 Å². The SMILES string of the molecule is CCC(CC)C(=O)Nc1ccccc1C1=NNC(=O)[C@H]2[C@@H](C(=O)NC(C)C)[C@@]12C. The van der Waals surface area contributed by atoms with E-state index in [0.717, 1.165) is 18.4 Å². The number of nitrogens with zero attached hydrogens (tertiary/aromatic N) is 1. The van der Waals surface area contributed by atoms with Gasteiger partial charge >= 0.3 is 0 Å². The van der Waals surface area contributed by atoms with Crippen LogP contribution in [0.4, 0.5) is 5.69 Å². The zero-order valence-electron chi connectivity index (χ0n) is 17.7. The molecule has 1 aromatic carbocycles. The summed E-state index contributed by atoms with van der Waals surface area (Å²) in [5, 5.41) is 10.3. The Morgan fingerprint density at radius 3 is 2.48 bits per heavy atom. The van der Waals surface area contributed by atoms with E-state index in [9.17, 15) is 14.4 Å². The molecule has 1 fully saturated rings. The Morgan fingerprint density at radius 2 is 1.86 bits per heavy atom. The van der Waals surface area contributed by atoms with Crippen molar-refractivity contribution in [2.75, 3.05) is 5.32 Å². The zero-order valence-corrected chi connectivity index (χ0v) is 17.7. The number of carbonyl (C=O) groups excluding carboxylic acids is 3. The third-order valence-electron chi connectivity index (χ3n) is 6.10. The van der Waals surface area contributed by atoms with Gasteiger partial charge in [0.25, 0.3) is 0 Å². The molecule has 3 N–H and O–H groups in total. The largest absolute Gasteiger partial charge is 0.354 e. The number of anilines is 1. The van der Waals surface area contributed by atoms with Crippen molar-refractivity contribution in [3.05, 3.63) is 29.8 Å². The van der Waals surface area contributed by atoms with Gasteiger partial charge in [-0.25, -0.2) is 5.43 Å². The third kappa shape index (κ3) is 3.66. The first-order chi connectivity index (χ1) is 13.7. The Kier molecular flexibility index (Phi) is 5.78. The Hall–Kier alpha value is -2.70. The van der Waals surface area contributed by atoms with Crippen LogP contribution in [0.1, 0.15) is 53.0 Å². The molecule has 1 aliphatic carbocycles. The molecule has 0 saturated heterocycles. The number of fused-ring (bicyclic) bond motifs is 1. The van der Waals surface area contributed by atoms with Gasteiger partial charge in [0.05, 0.1) is 17.5 Å². The molecule has 0 bridgehead atoms. The molecular weight excluding hydrogens is 368 g/mol. The second-order valence-electron chi connectivity index (χ2n) is 8.39. The Morgan fingerprint density at radius 1 is 1.21 bits per heavy atom. The van der Waals surface area contributed by atoms with Gasteiger partial charge in [-0.1, -0.05) is 39.0 Å². The van der Waals surface area contributed by atoms with Crippen molar-refractivity contribution in [2.24, 2.45) is 28.3 Å². The lowest BCUT2D eigenvalue weighted by Gasteiger charge is -2.23. The van der Waals surface area contributed by atoms with Gasteiger partial charge in [0, 0.05) is 28.6 Å². The van der Waals surface area contributed by atoms with E-state index >= 15 is 0 Å². The summed E-state index contributed by atoms with van der Waals surface area (Å²) < 4.78 is 0. The van der Waals surface area contributed by atoms with Crippen LogP contribution in [0.3, 0.4) is 0 Å². The van der Waals surface area contributed by atoms with Crippen molar-refractivity contribution >= 4 is 29.1 Å². The fourth-order valence-corrected chi connectivity index (χ4v) is 4.37. The van der Waals surface area contributed by atoms with E-state index in [1.807, 2.05) is 58.9 Å². The van der Waals surface area contributed by atoms with Gasteiger partial charge in [-0.3, -0.25) is 14.4 Å². The number of para-hydroxylation sites is 1. The number of amides is 3. The van der Waals surface area contributed by atoms with Crippen LogP contribution in [0, 0.1) is 23.2 Å². The maximum absolute atomic E-state index is 12.7. The van der Waals surface area contributed by atoms with Crippen LogP contribution >= 0.6 is 0 Å². The Balaban J connectivity index is 1.94. The van der Waals surface area contributed by atoms with Gasteiger partial charge in [-0.05, 0) is 32.8 Å². The van der Waals surface area contributed by atoms with Crippen molar-refractivity contribution in [1.29, 1.82) is 0 Å². The molecule has 2 aliphatic rings. The van der Waals surface area contributed by atoms with Crippen molar-refractivity contribution in [3.63, 3.8) is 0 Å². The van der Waals surface area contributed by atoms with E-state index in [4.69, 9.17) is 0 Å². The van der Waals surface area contributed by atoms with E-state index in [1.54, 1.807) is 0 Å². The molecule has 1 heterocycles. The summed E-state index contributed by atoms with van der Waals surface area (Å²) in [6.07, 6.45) is 1.53. The molecule has 0 unspecified atom stereocenters. The highest BCUT2D eigenvalue weighted by Crippen LogP contribution is 2.62. The van der Waals surface area contributed by atoms with Crippen LogP contribution in [-0.2, 0) is 14.4 Å². The number of hydrazone groups is 1. The van der Waals surface area contributed by atoms with E-state index < -0.39 is 17.3 Å². The van der Waals surface area contributed by atoms with Gasteiger partial charge in [0.2, 0.25) is 17.7 Å². The predicted octanol–water partition coefficient (Wildman–Crippen LogP) is 2.67. The number of carbonyl (C=O) groups is 3. The summed E-state index contributed by atoms with van der Waals surface area (Å²) in [7, 11) is 0. The van der Waals surface area contributed by atoms with Crippen LogP contribution in [0.25, 0.3) is 0 Å². The van der Waals surface area contributed by atoms with Gasteiger partial charge in [0.15, 0.2) is 0 Å². The minimum absolute atomic E-state index is 0.0104. The number of rotatable bonds is 7. The lowest BCUT2D eigenvalue weighted by atomic mass is 9.89. The van der Waals surface area contributed by atoms with Gasteiger partial charge in [-0.2, -0.15) is 5.10 Å². The molecule has 0 spiro atoms. The highest BCUT2D eigenvalue weighted by molar-refractivity contribution is 6.19. The molecule has 3 atom stereocenters. The number of benzene rings is 1. The van der Waals surface area contributed by atoms with Crippen molar-refractivity contribution in [1.82, 2.24) is 10.7 Å². The van der Waals surface area contributed by atoms with Crippen LogP contribution in [0.5, 0.6) is 0 Å². The molecule has 29 heavy (non-hydrogen) atoms. The molecule has 1 saturated carbocycles. The maximum atomic E-state index is 12.7. The topological polar surface area (TPSA) is 99.7 Å². The van der Waals surface area contributed by atoms with E-state index in [-0.39, 0.29) is 29.7 Å². The first-order valence-corrected chi connectivity index (χ1v) is 10.3. The van der Waals surface area contributed by atoms with Crippen LogP contribution in [-0.4, -0.2) is 29.5 Å². The van der Waals surface area contributed by atoms with E-state index in [1.165, 1.54) is 0 Å². The summed E-state index contributed by atoms with van der Waals surface area (Å²) in [5.41, 5.74) is 3.88. The lowest BCUT2D eigenvalue weighted by Crippen LogP contribution is -2.35. The van der Waals surface area contributed by atoms with Gasteiger partial charge < -0.3 is 10.6 Å². The lowest BCUT2D eigenvalue weighted by molar-refractivity contribution is -0.127. The van der Waals surface area contributed by atoms with Gasteiger partial charge in [-0.15, -0.1) is 0 Å². The number of hydrogen-bond donors (Lipinski definition) is 3. The zero-order chi connectivity index (χ0) is 21.3. The molecule has 7 heteroatoms. The second kappa shape index (κ2) is 7.97.